The quantitative estimate of drug-likeness (QED) is 0.566. The first-order valence-electron chi connectivity index (χ1n) is 10.6. The Morgan fingerprint density at radius 3 is 2.20 bits per heavy atom. The Morgan fingerprint density at radius 1 is 1.13 bits per heavy atom. The fourth-order valence-electron chi connectivity index (χ4n) is 3.66. The van der Waals surface area contributed by atoms with Crippen LogP contribution in [0.4, 0.5) is 0 Å². The van der Waals surface area contributed by atoms with Gasteiger partial charge in [0.1, 0.15) is 0 Å². The van der Waals surface area contributed by atoms with Crippen molar-refractivity contribution in [3.8, 4) is 0 Å². The molecule has 0 aromatic heterocycles. The van der Waals surface area contributed by atoms with Gasteiger partial charge < -0.3 is 14.5 Å². The molecule has 2 unspecified atom stereocenters. The third-order valence-corrected chi connectivity index (χ3v) is 7.89. The molecule has 0 radical (unpaired) electrons. The van der Waals surface area contributed by atoms with Crippen LogP contribution in [0.2, 0.25) is 0 Å². The van der Waals surface area contributed by atoms with Gasteiger partial charge in [-0.25, -0.2) is 12.7 Å². The van der Waals surface area contributed by atoms with Crippen molar-refractivity contribution in [1.29, 1.82) is 0 Å². The third kappa shape index (κ3) is 6.92. The SMILES string of the molecule is CC(CCN(C)C(=O)C(C)(C)CC1CN(C(=O)C(C)(C)C)CCO1)S(=O)(=O)N(C)C. The van der Waals surface area contributed by atoms with Gasteiger partial charge in [-0.1, -0.05) is 34.6 Å². The van der Waals surface area contributed by atoms with Crippen molar-refractivity contribution in [3.05, 3.63) is 0 Å². The van der Waals surface area contributed by atoms with Crippen molar-refractivity contribution in [2.75, 3.05) is 47.4 Å². The molecule has 1 heterocycles. The lowest BCUT2D eigenvalue weighted by atomic mass is 9.84. The van der Waals surface area contributed by atoms with Gasteiger partial charge in [0.15, 0.2) is 0 Å². The molecule has 0 saturated carbocycles. The fraction of sp³-hybridized carbons (Fsp3) is 0.905. The summed E-state index contributed by atoms with van der Waals surface area (Å²) in [4.78, 5) is 29.1. The molecule has 1 saturated heterocycles. The minimum Gasteiger partial charge on any atom is -0.375 e. The van der Waals surface area contributed by atoms with E-state index in [1.54, 1.807) is 18.9 Å². The van der Waals surface area contributed by atoms with Crippen molar-refractivity contribution in [1.82, 2.24) is 14.1 Å². The Kier molecular flexibility index (Phi) is 8.91. The molecule has 0 N–H and O–H groups in total. The molecule has 8 nitrogen and oxygen atoms in total. The van der Waals surface area contributed by atoms with E-state index in [0.717, 1.165) is 0 Å². The number of carbonyl (C=O) groups is 2. The summed E-state index contributed by atoms with van der Waals surface area (Å²) in [5.41, 5.74) is -1.13. The van der Waals surface area contributed by atoms with E-state index >= 15 is 0 Å². The number of ether oxygens (including phenoxy) is 1. The summed E-state index contributed by atoms with van der Waals surface area (Å²) in [6.07, 6.45) is 0.660. The lowest BCUT2D eigenvalue weighted by molar-refractivity contribution is -0.150. The molecule has 1 fully saturated rings. The smallest absolute Gasteiger partial charge is 0.228 e. The molecule has 0 aromatic rings. The minimum atomic E-state index is -3.34. The van der Waals surface area contributed by atoms with Gasteiger partial charge in [-0.3, -0.25) is 9.59 Å². The lowest BCUT2D eigenvalue weighted by Crippen LogP contribution is -2.51. The number of nitrogens with zero attached hydrogens (tertiary/aromatic N) is 3. The average molecular weight is 448 g/mol. The molecule has 0 aliphatic carbocycles. The molecule has 1 rings (SSSR count). The topological polar surface area (TPSA) is 87.2 Å². The molecular formula is C21H41N3O5S. The molecule has 1 aliphatic heterocycles. The predicted molar refractivity (Wildman–Crippen MR) is 118 cm³/mol. The van der Waals surface area contributed by atoms with E-state index < -0.39 is 26.1 Å². The Morgan fingerprint density at radius 2 is 1.70 bits per heavy atom. The standard InChI is InChI=1S/C21H41N3O5S/c1-16(30(27,28)22(7)8)10-11-23(9)19(26)21(5,6)14-17-15-24(12-13-29-17)18(25)20(2,3)4/h16-17H,10-15H2,1-9H3. The van der Waals surface area contributed by atoms with E-state index in [1.807, 2.05) is 39.5 Å². The normalized spacial score (nSPS) is 19.7. The Hall–Kier alpha value is -1.19. The molecule has 2 amide bonds. The van der Waals surface area contributed by atoms with Crippen LogP contribution in [0.25, 0.3) is 0 Å². The second-order valence-electron chi connectivity index (χ2n) is 10.2. The molecule has 0 aromatic carbocycles. The lowest BCUT2D eigenvalue weighted by Gasteiger charge is -2.39. The maximum Gasteiger partial charge on any atom is 0.228 e. The molecule has 0 spiro atoms. The Bertz CT molecular complexity index is 713. The van der Waals surface area contributed by atoms with Crippen LogP contribution in [-0.2, 0) is 24.3 Å². The van der Waals surface area contributed by atoms with Crippen LogP contribution in [-0.4, -0.2) is 93.1 Å². The highest BCUT2D eigenvalue weighted by molar-refractivity contribution is 7.89. The Balaban J connectivity index is 2.70. The average Bonchev–Trinajstić information content (AvgIpc) is 2.63. The van der Waals surface area contributed by atoms with Gasteiger partial charge in [0, 0.05) is 51.6 Å². The molecule has 176 valence electrons. The monoisotopic (exact) mass is 447 g/mol. The summed E-state index contributed by atoms with van der Waals surface area (Å²) in [7, 11) is 1.39. The summed E-state index contributed by atoms with van der Waals surface area (Å²) >= 11 is 0. The van der Waals surface area contributed by atoms with Gasteiger partial charge in [0.05, 0.1) is 18.0 Å². The van der Waals surface area contributed by atoms with Crippen molar-refractivity contribution < 1.29 is 22.7 Å². The zero-order valence-corrected chi connectivity index (χ0v) is 21.0. The Labute approximate surface area is 183 Å². The first-order valence-corrected chi connectivity index (χ1v) is 12.1. The molecule has 9 heteroatoms. The van der Waals surface area contributed by atoms with Crippen LogP contribution in [0.5, 0.6) is 0 Å². The molecular weight excluding hydrogens is 406 g/mol. The number of amides is 2. The van der Waals surface area contributed by atoms with Crippen LogP contribution < -0.4 is 0 Å². The third-order valence-electron chi connectivity index (χ3n) is 5.62. The second kappa shape index (κ2) is 9.96. The highest BCUT2D eigenvalue weighted by Crippen LogP contribution is 2.29. The summed E-state index contributed by atoms with van der Waals surface area (Å²) in [5.74, 6) is 0.0352. The van der Waals surface area contributed by atoms with E-state index in [1.165, 1.54) is 18.4 Å². The van der Waals surface area contributed by atoms with Gasteiger partial charge >= 0.3 is 0 Å². The molecule has 1 aliphatic rings. The zero-order valence-electron chi connectivity index (χ0n) is 20.2. The van der Waals surface area contributed by atoms with Gasteiger partial charge in [-0.2, -0.15) is 0 Å². The highest BCUT2D eigenvalue weighted by Gasteiger charge is 2.38. The largest absolute Gasteiger partial charge is 0.375 e. The van der Waals surface area contributed by atoms with Gasteiger partial charge in [-0.15, -0.1) is 0 Å². The van der Waals surface area contributed by atoms with Crippen LogP contribution in [0.1, 0.15) is 54.4 Å². The summed E-state index contributed by atoms with van der Waals surface area (Å²) in [6.45, 7) is 13.0. The maximum absolute atomic E-state index is 13.0. The summed E-state index contributed by atoms with van der Waals surface area (Å²) in [6, 6.07) is 0. The van der Waals surface area contributed by atoms with E-state index in [-0.39, 0.29) is 17.9 Å². The first-order chi connectivity index (χ1) is 13.5. The molecule has 2 atom stereocenters. The molecule has 30 heavy (non-hydrogen) atoms. The number of carbonyl (C=O) groups excluding carboxylic acids is 2. The fourth-order valence-corrected chi connectivity index (χ4v) is 4.78. The number of hydrogen-bond acceptors (Lipinski definition) is 5. The van der Waals surface area contributed by atoms with Gasteiger partial charge in [0.2, 0.25) is 21.8 Å². The zero-order chi connectivity index (χ0) is 23.5. The molecule has 0 bridgehead atoms. The van der Waals surface area contributed by atoms with Crippen LogP contribution in [0, 0.1) is 10.8 Å². The number of sulfonamides is 1. The van der Waals surface area contributed by atoms with Crippen molar-refractivity contribution in [2.24, 2.45) is 10.8 Å². The van der Waals surface area contributed by atoms with Gasteiger partial charge in [0.25, 0.3) is 0 Å². The van der Waals surface area contributed by atoms with Crippen LogP contribution >= 0.6 is 0 Å². The van der Waals surface area contributed by atoms with Crippen molar-refractivity contribution >= 4 is 21.8 Å². The summed E-state index contributed by atoms with van der Waals surface area (Å²) in [5, 5.41) is -0.565. The summed E-state index contributed by atoms with van der Waals surface area (Å²) < 4.78 is 31.5. The highest BCUT2D eigenvalue weighted by atomic mass is 32.2. The minimum absolute atomic E-state index is 0.0557. The first kappa shape index (κ1) is 26.8. The number of morpholine rings is 1. The van der Waals surface area contributed by atoms with E-state index in [9.17, 15) is 18.0 Å². The van der Waals surface area contributed by atoms with Gasteiger partial charge in [-0.05, 0) is 19.8 Å². The maximum atomic E-state index is 13.0. The van der Waals surface area contributed by atoms with Crippen LogP contribution in [0.3, 0.4) is 0 Å². The number of hydrogen-bond donors (Lipinski definition) is 0. The predicted octanol–water partition coefficient (Wildman–Crippen LogP) is 1.80. The van der Waals surface area contributed by atoms with Crippen LogP contribution in [0.15, 0.2) is 0 Å². The van der Waals surface area contributed by atoms with E-state index in [4.69, 9.17) is 4.74 Å². The van der Waals surface area contributed by atoms with E-state index in [0.29, 0.717) is 39.1 Å². The van der Waals surface area contributed by atoms with Crippen molar-refractivity contribution in [3.63, 3.8) is 0 Å². The second-order valence-corrected chi connectivity index (χ2v) is 12.8. The number of rotatable bonds is 8. The van der Waals surface area contributed by atoms with E-state index in [2.05, 4.69) is 0 Å². The van der Waals surface area contributed by atoms with Crippen molar-refractivity contribution in [2.45, 2.75) is 65.7 Å².